The van der Waals surface area contributed by atoms with Gasteiger partial charge in [-0.05, 0) is 43.8 Å². The first-order valence-corrected chi connectivity index (χ1v) is 7.05. The molecule has 1 aliphatic heterocycles. The zero-order valence-corrected chi connectivity index (χ0v) is 11.3. The van der Waals surface area contributed by atoms with Crippen LogP contribution in [0.3, 0.4) is 0 Å². The van der Waals surface area contributed by atoms with Crippen LogP contribution in [0.1, 0.15) is 19.3 Å². The van der Waals surface area contributed by atoms with E-state index in [1.807, 2.05) is 19.3 Å². The Kier molecular flexibility index (Phi) is 3.64. The van der Waals surface area contributed by atoms with Crippen LogP contribution >= 0.6 is 0 Å². The van der Waals surface area contributed by atoms with Crippen molar-refractivity contribution >= 4 is 16.9 Å². The monoisotopic (exact) mass is 259 g/mol. The summed E-state index contributed by atoms with van der Waals surface area (Å²) in [7, 11) is 1.84. The maximum Gasteiger partial charge on any atom is 0.142 e. The molecule has 3 N–H and O–H groups in total. The van der Waals surface area contributed by atoms with Crippen LogP contribution in [0.2, 0.25) is 0 Å². The number of aromatic nitrogens is 3. The van der Waals surface area contributed by atoms with E-state index in [9.17, 15) is 0 Å². The SMILES string of the molecule is C1C[C@@H]2CNC[C@@H]2C1.CNc1ncnc2[nH]ccc12. The fraction of sp³-hybridized carbons (Fsp3) is 0.571. The Morgan fingerprint density at radius 1 is 1.21 bits per heavy atom. The largest absolute Gasteiger partial charge is 0.372 e. The van der Waals surface area contributed by atoms with E-state index in [0.29, 0.717) is 0 Å². The lowest BCUT2D eigenvalue weighted by Gasteiger charge is -2.02. The van der Waals surface area contributed by atoms with Crippen LogP contribution in [0.5, 0.6) is 0 Å². The lowest BCUT2D eigenvalue weighted by molar-refractivity contribution is 0.494. The highest BCUT2D eigenvalue weighted by atomic mass is 15.0. The first-order chi connectivity index (χ1) is 9.38. The average molecular weight is 259 g/mol. The Balaban J connectivity index is 0.000000122. The van der Waals surface area contributed by atoms with Crippen molar-refractivity contribution in [2.75, 3.05) is 25.5 Å². The molecule has 1 saturated carbocycles. The van der Waals surface area contributed by atoms with Gasteiger partial charge in [0.15, 0.2) is 0 Å². The standard InChI is InChI=1S/C7H8N4.C7H13N/c1-8-6-5-2-3-9-7(5)11-4-10-6;1-2-6-4-8-5-7(6)3-1/h2-4H,1H3,(H2,8,9,10,11);6-8H,1-5H2/t;6-,7+. The molecule has 3 heterocycles. The van der Waals surface area contributed by atoms with Gasteiger partial charge in [-0.15, -0.1) is 0 Å². The molecular weight excluding hydrogens is 238 g/mol. The second-order valence-corrected chi connectivity index (χ2v) is 5.32. The average Bonchev–Trinajstić information content (AvgIpc) is 3.14. The molecule has 19 heavy (non-hydrogen) atoms. The van der Waals surface area contributed by atoms with Crippen molar-refractivity contribution in [2.45, 2.75) is 19.3 Å². The molecule has 0 bridgehead atoms. The Labute approximate surface area is 113 Å². The van der Waals surface area contributed by atoms with Gasteiger partial charge in [-0.2, -0.15) is 0 Å². The first kappa shape index (κ1) is 12.4. The zero-order valence-electron chi connectivity index (χ0n) is 11.3. The van der Waals surface area contributed by atoms with E-state index in [4.69, 9.17) is 0 Å². The Morgan fingerprint density at radius 2 is 2.00 bits per heavy atom. The number of rotatable bonds is 1. The number of hydrogen-bond donors (Lipinski definition) is 3. The van der Waals surface area contributed by atoms with Crippen molar-refractivity contribution in [3.05, 3.63) is 18.6 Å². The smallest absolute Gasteiger partial charge is 0.142 e. The molecule has 1 saturated heterocycles. The van der Waals surface area contributed by atoms with Crippen LogP contribution in [0.25, 0.3) is 11.0 Å². The molecule has 2 aromatic heterocycles. The lowest BCUT2D eigenvalue weighted by atomic mass is 10.0. The third-order valence-electron chi connectivity index (χ3n) is 4.22. The number of aromatic amines is 1. The van der Waals surface area contributed by atoms with E-state index >= 15 is 0 Å². The second-order valence-electron chi connectivity index (χ2n) is 5.32. The van der Waals surface area contributed by atoms with E-state index in [1.165, 1.54) is 38.7 Å². The summed E-state index contributed by atoms with van der Waals surface area (Å²) >= 11 is 0. The van der Waals surface area contributed by atoms with Crippen molar-refractivity contribution < 1.29 is 0 Å². The summed E-state index contributed by atoms with van der Waals surface area (Å²) in [6.45, 7) is 2.62. The van der Waals surface area contributed by atoms with Crippen molar-refractivity contribution in [3.8, 4) is 0 Å². The van der Waals surface area contributed by atoms with E-state index < -0.39 is 0 Å². The van der Waals surface area contributed by atoms with Gasteiger partial charge in [0.25, 0.3) is 0 Å². The molecule has 4 rings (SSSR count). The Hall–Kier alpha value is -1.62. The maximum atomic E-state index is 4.06. The van der Waals surface area contributed by atoms with Crippen LogP contribution in [-0.4, -0.2) is 35.1 Å². The molecule has 2 fully saturated rings. The highest BCUT2D eigenvalue weighted by Gasteiger charge is 2.30. The van der Waals surface area contributed by atoms with Crippen molar-refractivity contribution in [2.24, 2.45) is 11.8 Å². The van der Waals surface area contributed by atoms with Crippen LogP contribution in [0.15, 0.2) is 18.6 Å². The predicted octanol–water partition coefficient (Wildman–Crippen LogP) is 2.01. The fourth-order valence-corrected chi connectivity index (χ4v) is 3.18. The summed E-state index contributed by atoms with van der Waals surface area (Å²) in [4.78, 5) is 11.1. The lowest BCUT2D eigenvalue weighted by Crippen LogP contribution is -2.08. The third kappa shape index (κ3) is 2.56. The van der Waals surface area contributed by atoms with Crippen LogP contribution in [-0.2, 0) is 0 Å². The van der Waals surface area contributed by atoms with Gasteiger partial charge in [-0.3, -0.25) is 0 Å². The van der Waals surface area contributed by atoms with Crippen molar-refractivity contribution in [1.82, 2.24) is 20.3 Å². The van der Waals surface area contributed by atoms with Gasteiger partial charge in [0.05, 0.1) is 5.39 Å². The highest BCUT2D eigenvalue weighted by molar-refractivity contribution is 5.86. The van der Waals surface area contributed by atoms with E-state index in [1.54, 1.807) is 0 Å². The molecule has 2 aromatic rings. The van der Waals surface area contributed by atoms with Gasteiger partial charge in [-0.1, -0.05) is 6.42 Å². The molecule has 0 aromatic carbocycles. The van der Waals surface area contributed by atoms with Crippen LogP contribution in [0, 0.1) is 11.8 Å². The van der Waals surface area contributed by atoms with Gasteiger partial charge in [0.1, 0.15) is 17.8 Å². The van der Waals surface area contributed by atoms with Gasteiger partial charge in [0.2, 0.25) is 0 Å². The van der Waals surface area contributed by atoms with Gasteiger partial charge in [0, 0.05) is 13.2 Å². The number of fused-ring (bicyclic) bond motifs is 2. The summed E-state index contributed by atoms with van der Waals surface area (Å²) in [6.07, 6.45) is 7.87. The zero-order chi connectivity index (χ0) is 13.1. The molecule has 102 valence electrons. The third-order valence-corrected chi connectivity index (χ3v) is 4.22. The molecule has 0 spiro atoms. The van der Waals surface area contributed by atoms with E-state index in [2.05, 4.69) is 25.6 Å². The molecule has 1 aliphatic carbocycles. The molecule has 5 nitrogen and oxygen atoms in total. The van der Waals surface area contributed by atoms with E-state index in [0.717, 1.165) is 28.7 Å². The number of hydrogen-bond acceptors (Lipinski definition) is 4. The Bertz CT molecular complexity index is 515. The van der Waals surface area contributed by atoms with Crippen molar-refractivity contribution in [1.29, 1.82) is 0 Å². The van der Waals surface area contributed by atoms with Gasteiger partial charge >= 0.3 is 0 Å². The van der Waals surface area contributed by atoms with Gasteiger partial charge in [-0.25, -0.2) is 9.97 Å². The molecule has 2 aliphatic rings. The minimum atomic E-state index is 0.858. The molecule has 0 amide bonds. The highest BCUT2D eigenvalue weighted by Crippen LogP contribution is 2.33. The summed E-state index contributed by atoms with van der Waals surface area (Å²) in [6, 6.07) is 1.95. The predicted molar refractivity (Wildman–Crippen MR) is 77.1 cm³/mol. The Morgan fingerprint density at radius 3 is 2.74 bits per heavy atom. The molecular formula is C14H21N5. The topological polar surface area (TPSA) is 65.6 Å². The summed E-state index contributed by atoms with van der Waals surface area (Å²) in [5.74, 6) is 2.99. The minimum Gasteiger partial charge on any atom is -0.372 e. The number of nitrogens with zero attached hydrogens (tertiary/aromatic N) is 2. The minimum absolute atomic E-state index is 0.858. The quantitative estimate of drug-likeness (QED) is 0.733. The number of H-pyrrole nitrogens is 1. The fourth-order valence-electron chi connectivity index (χ4n) is 3.18. The normalized spacial score (nSPS) is 24.9. The van der Waals surface area contributed by atoms with Crippen molar-refractivity contribution in [3.63, 3.8) is 0 Å². The summed E-state index contributed by atoms with van der Waals surface area (Å²) in [5.41, 5.74) is 0.865. The van der Waals surface area contributed by atoms with E-state index in [-0.39, 0.29) is 0 Å². The molecule has 0 unspecified atom stereocenters. The number of anilines is 1. The summed E-state index contributed by atoms with van der Waals surface area (Å²) < 4.78 is 0. The summed E-state index contributed by atoms with van der Waals surface area (Å²) in [5, 5.41) is 7.43. The van der Waals surface area contributed by atoms with Crippen LogP contribution < -0.4 is 10.6 Å². The molecule has 5 heteroatoms. The molecule has 2 atom stereocenters. The second kappa shape index (κ2) is 5.57. The first-order valence-electron chi connectivity index (χ1n) is 7.05. The number of nitrogens with one attached hydrogen (secondary N) is 3. The maximum absolute atomic E-state index is 4.06. The molecule has 0 radical (unpaired) electrons. The van der Waals surface area contributed by atoms with Crippen LogP contribution in [0.4, 0.5) is 5.82 Å². The van der Waals surface area contributed by atoms with Gasteiger partial charge < -0.3 is 15.6 Å².